The quantitative estimate of drug-likeness (QED) is 0.407. The average Bonchev–Trinajstić information content (AvgIpc) is 2.40. The van der Waals surface area contributed by atoms with Gasteiger partial charge in [-0.2, -0.15) is 0 Å². The molecular formula is C13H19NO5. The molecule has 106 valence electrons. The molecule has 0 fully saturated rings. The van der Waals surface area contributed by atoms with Crippen LogP contribution in [0, 0.1) is 0 Å². The van der Waals surface area contributed by atoms with Gasteiger partial charge in [-0.1, -0.05) is 6.07 Å². The molecule has 1 aromatic carbocycles. The molecule has 0 aliphatic carbocycles. The summed E-state index contributed by atoms with van der Waals surface area (Å²) in [6.45, 7) is 1.39. The van der Waals surface area contributed by atoms with Gasteiger partial charge < -0.3 is 24.7 Å². The minimum Gasteiger partial charge on any atom is -0.482 e. The summed E-state index contributed by atoms with van der Waals surface area (Å²) in [5, 5.41) is 0. The van der Waals surface area contributed by atoms with Crippen LogP contribution in [-0.2, 0) is 19.0 Å². The molecule has 2 N–H and O–H groups in total. The van der Waals surface area contributed by atoms with Crippen LogP contribution in [-0.4, -0.2) is 46.1 Å². The Kier molecular flexibility index (Phi) is 7.38. The zero-order chi connectivity index (χ0) is 13.9. The van der Waals surface area contributed by atoms with E-state index in [1.807, 2.05) is 0 Å². The van der Waals surface area contributed by atoms with E-state index in [9.17, 15) is 4.79 Å². The summed E-state index contributed by atoms with van der Waals surface area (Å²) < 4.78 is 20.1. The monoisotopic (exact) mass is 269 g/mol. The van der Waals surface area contributed by atoms with Crippen molar-refractivity contribution in [2.45, 2.75) is 0 Å². The van der Waals surface area contributed by atoms with Crippen LogP contribution in [0.1, 0.15) is 0 Å². The third-order valence-electron chi connectivity index (χ3n) is 2.14. The van der Waals surface area contributed by atoms with Gasteiger partial charge in [0, 0.05) is 18.9 Å². The molecule has 0 saturated carbocycles. The minimum absolute atomic E-state index is 0.151. The summed E-state index contributed by atoms with van der Waals surface area (Å²) in [7, 11) is 1.59. The Morgan fingerprint density at radius 1 is 1.21 bits per heavy atom. The number of benzene rings is 1. The molecule has 0 spiro atoms. The number of nitrogen functional groups attached to an aromatic ring is 1. The Balaban J connectivity index is 2.08. The normalized spacial score (nSPS) is 10.2. The Bertz CT molecular complexity index is 383. The molecule has 0 aromatic heterocycles. The number of methoxy groups -OCH3 is 1. The van der Waals surface area contributed by atoms with E-state index in [-0.39, 0.29) is 13.2 Å². The van der Waals surface area contributed by atoms with Gasteiger partial charge in [0.1, 0.15) is 12.4 Å². The van der Waals surface area contributed by atoms with E-state index in [0.29, 0.717) is 31.3 Å². The molecule has 0 aliphatic rings. The zero-order valence-corrected chi connectivity index (χ0v) is 11.0. The largest absolute Gasteiger partial charge is 0.482 e. The lowest BCUT2D eigenvalue weighted by Gasteiger charge is -2.07. The van der Waals surface area contributed by atoms with Gasteiger partial charge in [0.25, 0.3) is 0 Å². The number of nitrogens with two attached hydrogens (primary N) is 1. The maximum absolute atomic E-state index is 11.3. The smallest absolute Gasteiger partial charge is 0.344 e. The summed E-state index contributed by atoms with van der Waals surface area (Å²) in [5.74, 6) is 0.0889. The molecule has 1 aromatic rings. The summed E-state index contributed by atoms with van der Waals surface area (Å²) in [6, 6.07) is 6.85. The number of ether oxygens (including phenoxy) is 4. The molecule has 0 aliphatic heterocycles. The van der Waals surface area contributed by atoms with Crippen molar-refractivity contribution >= 4 is 11.7 Å². The van der Waals surface area contributed by atoms with Gasteiger partial charge in [-0.25, -0.2) is 4.79 Å². The fourth-order valence-electron chi connectivity index (χ4n) is 1.25. The fourth-order valence-corrected chi connectivity index (χ4v) is 1.25. The van der Waals surface area contributed by atoms with E-state index in [1.54, 1.807) is 31.4 Å². The fraction of sp³-hybridized carbons (Fsp3) is 0.462. The standard InChI is InChI=1S/C13H19NO5/c1-16-5-6-17-7-8-18-13(15)10-19-12-4-2-3-11(14)9-12/h2-4,9H,5-8,10,14H2,1H3. The number of esters is 1. The summed E-state index contributed by atoms with van der Waals surface area (Å²) >= 11 is 0. The maximum Gasteiger partial charge on any atom is 0.344 e. The molecule has 0 heterocycles. The highest BCUT2D eigenvalue weighted by Gasteiger charge is 2.04. The lowest BCUT2D eigenvalue weighted by atomic mass is 10.3. The molecule has 0 atom stereocenters. The van der Waals surface area contributed by atoms with Crippen LogP contribution in [0.3, 0.4) is 0 Å². The van der Waals surface area contributed by atoms with Gasteiger partial charge in [0.15, 0.2) is 6.61 Å². The SMILES string of the molecule is COCCOCCOC(=O)COc1cccc(N)c1. The van der Waals surface area contributed by atoms with Crippen molar-refractivity contribution in [2.24, 2.45) is 0 Å². The lowest BCUT2D eigenvalue weighted by molar-refractivity contribution is -0.147. The third-order valence-corrected chi connectivity index (χ3v) is 2.14. The molecule has 19 heavy (non-hydrogen) atoms. The van der Waals surface area contributed by atoms with Gasteiger partial charge in [-0.15, -0.1) is 0 Å². The molecule has 0 radical (unpaired) electrons. The second-order valence-electron chi connectivity index (χ2n) is 3.69. The van der Waals surface area contributed by atoms with Crippen molar-refractivity contribution in [2.75, 3.05) is 45.9 Å². The Morgan fingerprint density at radius 2 is 2.00 bits per heavy atom. The first-order chi connectivity index (χ1) is 9.22. The molecule has 0 unspecified atom stereocenters. The van der Waals surface area contributed by atoms with Crippen LogP contribution in [0.4, 0.5) is 5.69 Å². The van der Waals surface area contributed by atoms with Crippen molar-refractivity contribution in [1.82, 2.24) is 0 Å². The van der Waals surface area contributed by atoms with Crippen molar-refractivity contribution in [3.63, 3.8) is 0 Å². The number of carbonyl (C=O) groups excluding carboxylic acids is 1. The van der Waals surface area contributed by atoms with Gasteiger partial charge in [-0.3, -0.25) is 0 Å². The number of carbonyl (C=O) groups is 1. The van der Waals surface area contributed by atoms with Gasteiger partial charge in [0.2, 0.25) is 0 Å². The van der Waals surface area contributed by atoms with E-state index >= 15 is 0 Å². The third kappa shape index (κ3) is 7.28. The van der Waals surface area contributed by atoms with E-state index in [1.165, 1.54) is 0 Å². The maximum atomic E-state index is 11.3. The number of hydrogen-bond acceptors (Lipinski definition) is 6. The number of hydrogen-bond donors (Lipinski definition) is 1. The molecule has 1 rings (SSSR count). The van der Waals surface area contributed by atoms with Crippen molar-refractivity contribution in [3.8, 4) is 5.75 Å². The van der Waals surface area contributed by atoms with Crippen LogP contribution in [0.5, 0.6) is 5.75 Å². The van der Waals surface area contributed by atoms with Crippen LogP contribution < -0.4 is 10.5 Å². The predicted molar refractivity (Wildman–Crippen MR) is 70.0 cm³/mol. The van der Waals surface area contributed by atoms with Crippen molar-refractivity contribution in [1.29, 1.82) is 0 Å². The summed E-state index contributed by atoms with van der Waals surface area (Å²) in [4.78, 5) is 11.3. The molecule has 0 saturated heterocycles. The second-order valence-corrected chi connectivity index (χ2v) is 3.69. The summed E-state index contributed by atoms with van der Waals surface area (Å²) in [6.07, 6.45) is 0. The second kappa shape index (κ2) is 9.18. The van der Waals surface area contributed by atoms with Crippen molar-refractivity contribution < 1.29 is 23.7 Å². The average molecular weight is 269 g/mol. The van der Waals surface area contributed by atoms with Crippen LogP contribution in [0.15, 0.2) is 24.3 Å². The van der Waals surface area contributed by atoms with Gasteiger partial charge in [0.05, 0.1) is 19.8 Å². The molecule has 0 bridgehead atoms. The Hall–Kier alpha value is -1.79. The summed E-state index contributed by atoms with van der Waals surface area (Å²) in [5.41, 5.74) is 6.16. The number of anilines is 1. The lowest BCUT2D eigenvalue weighted by Crippen LogP contribution is -2.18. The van der Waals surface area contributed by atoms with Gasteiger partial charge in [-0.05, 0) is 12.1 Å². The topological polar surface area (TPSA) is 80.0 Å². The Labute approximate surface area is 112 Å². The molecular weight excluding hydrogens is 250 g/mol. The van der Waals surface area contributed by atoms with E-state index < -0.39 is 5.97 Å². The van der Waals surface area contributed by atoms with Crippen molar-refractivity contribution in [3.05, 3.63) is 24.3 Å². The van der Waals surface area contributed by atoms with E-state index in [0.717, 1.165) is 0 Å². The van der Waals surface area contributed by atoms with E-state index in [2.05, 4.69) is 0 Å². The van der Waals surface area contributed by atoms with Crippen LogP contribution in [0.2, 0.25) is 0 Å². The van der Waals surface area contributed by atoms with E-state index in [4.69, 9.17) is 24.7 Å². The molecule has 6 nitrogen and oxygen atoms in total. The number of rotatable bonds is 9. The first kappa shape index (κ1) is 15.3. The van der Waals surface area contributed by atoms with Gasteiger partial charge >= 0.3 is 5.97 Å². The minimum atomic E-state index is -0.447. The zero-order valence-electron chi connectivity index (χ0n) is 11.0. The van der Waals surface area contributed by atoms with Crippen LogP contribution in [0.25, 0.3) is 0 Å². The first-order valence-electron chi connectivity index (χ1n) is 5.93. The highest BCUT2D eigenvalue weighted by atomic mass is 16.6. The predicted octanol–water partition coefficient (Wildman–Crippen LogP) is 0.854. The molecule has 6 heteroatoms. The molecule has 0 amide bonds. The van der Waals surface area contributed by atoms with Crippen LogP contribution >= 0.6 is 0 Å². The Morgan fingerprint density at radius 3 is 2.74 bits per heavy atom. The highest BCUT2D eigenvalue weighted by molar-refractivity contribution is 5.71. The highest BCUT2D eigenvalue weighted by Crippen LogP contribution is 2.14. The first-order valence-corrected chi connectivity index (χ1v) is 5.93.